The molecule has 2 nitrogen and oxygen atoms in total. The van der Waals surface area contributed by atoms with Gasteiger partial charge < -0.3 is 4.74 Å². The van der Waals surface area contributed by atoms with E-state index < -0.39 is 0 Å². The van der Waals surface area contributed by atoms with Crippen molar-refractivity contribution in [1.82, 2.24) is 0 Å². The topological polar surface area (TPSA) is 33.0 Å². The van der Waals surface area contributed by atoms with E-state index in [1.54, 1.807) is 0 Å². The van der Waals surface area contributed by atoms with E-state index in [4.69, 9.17) is 4.74 Å². The van der Waals surface area contributed by atoms with E-state index in [1.807, 2.05) is 0 Å². The quantitative estimate of drug-likeness (QED) is 0.719. The van der Waals surface area contributed by atoms with Crippen LogP contribution in [0.3, 0.4) is 0 Å². The lowest BCUT2D eigenvalue weighted by atomic mass is 9.67. The normalized spacial score (nSPS) is 29.9. The third-order valence-electron chi connectivity index (χ3n) is 4.51. The maximum absolute atomic E-state index is 9.18. The number of hydrogen-bond donors (Lipinski definition) is 0. The number of nitrogens with zero attached hydrogens (tertiary/aromatic N) is 1. The van der Waals surface area contributed by atoms with Crippen molar-refractivity contribution in [2.45, 2.75) is 65.9 Å². The maximum atomic E-state index is 9.18. The van der Waals surface area contributed by atoms with Crippen LogP contribution < -0.4 is 0 Å². The fourth-order valence-corrected chi connectivity index (χ4v) is 2.73. The molecule has 0 radical (unpaired) electrons. The molecule has 1 aliphatic carbocycles. The van der Waals surface area contributed by atoms with Crippen LogP contribution in [-0.4, -0.2) is 12.7 Å². The highest BCUT2D eigenvalue weighted by atomic mass is 16.5. The summed E-state index contributed by atoms with van der Waals surface area (Å²) < 4.78 is 5.88. The summed E-state index contributed by atoms with van der Waals surface area (Å²) in [7, 11) is 0. The van der Waals surface area contributed by atoms with Crippen molar-refractivity contribution in [1.29, 1.82) is 5.26 Å². The molecule has 0 bridgehead atoms. The Morgan fingerprint density at radius 2 is 2.00 bits per heavy atom. The number of nitriles is 1. The van der Waals surface area contributed by atoms with Crippen molar-refractivity contribution < 1.29 is 4.74 Å². The van der Waals surface area contributed by atoms with Gasteiger partial charge in [0.1, 0.15) is 0 Å². The van der Waals surface area contributed by atoms with Crippen LogP contribution in [-0.2, 0) is 4.74 Å². The SMILES string of the molecule is CCCOC1CC(C(C)(C)CC)CCC1C#N. The van der Waals surface area contributed by atoms with E-state index in [0.717, 1.165) is 25.9 Å². The van der Waals surface area contributed by atoms with Gasteiger partial charge in [0.05, 0.1) is 18.1 Å². The summed E-state index contributed by atoms with van der Waals surface area (Å²) in [5.74, 6) is 0.824. The number of hydrogen-bond acceptors (Lipinski definition) is 2. The Hall–Kier alpha value is -0.550. The van der Waals surface area contributed by atoms with E-state index in [1.165, 1.54) is 12.8 Å². The fraction of sp³-hybridized carbons (Fsp3) is 0.933. The molecule has 1 rings (SSSR count). The number of ether oxygens (including phenoxy) is 1. The highest BCUT2D eigenvalue weighted by Gasteiger charge is 2.37. The molecule has 98 valence electrons. The molecule has 0 spiro atoms. The first-order chi connectivity index (χ1) is 8.05. The molecular weight excluding hydrogens is 210 g/mol. The smallest absolute Gasteiger partial charge is 0.0736 e. The molecule has 0 heterocycles. The Morgan fingerprint density at radius 1 is 1.29 bits per heavy atom. The van der Waals surface area contributed by atoms with E-state index in [-0.39, 0.29) is 12.0 Å². The van der Waals surface area contributed by atoms with Crippen molar-refractivity contribution >= 4 is 0 Å². The lowest BCUT2D eigenvalue weighted by Crippen LogP contribution is -2.37. The lowest BCUT2D eigenvalue weighted by molar-refractivity contribution is -0.0309. The van der Waals surface area contributed by atoms with Crippen LogP contribution >= 0.6 is 0 Å². The van der Waals surface area contributed by atoms with Crippen LogP contribution in [0.25, 0.3) is 0 Å². The van der Waals surface area contributed by atoms with Crippen molar-refractivity contribution in [3.8, 4) is 6.07 Å². The molecule has 0 aliphatic heterocycles. The first-order valence-electron chi connectivity index (χ1n) is 7.06. The second-order valence-electron chi connectivity index (χ2n) is 6.00. The standard InChI is InChI=1S/C15H27NO/c1-5-9-17-14-10-13(15(3,4)6-2)8-7-12(14)11-16/h12-14H,5-10H2,1-4H3. The third kappa shape index (κ3) is 3.71. The third-order valence-corrected chi connectivity index (χ3v) is 4.51. The molecule has 0 aromatic carbocycles. The van der Waals surface area contributed by atoms with Gasteiger partial charge in [-0.05, 0) is 37.0 Å². The molecule has 17 heavy (non-hydrogen) atoms. The minimum Gasteiger partial charge on any atom is -0.377 e. The minimum atomic E-state index is 0.116. The Kier molecular flexibility index (Phi) is 5.46. The van der Waals surface area contributed by atoms with Gasteiger partial charge in [0.15, 0.2) is 0 Å². The van der Waals surface area contributed by atoms with Crippen molar-refractivity contribution in [2.24, 2.45) is 17.3 Å². The van der Waals surface area contributed by atoms with Gasteiger partial charge in [0, 0.05) is 6.61 Å². The molecule has 0 saturated heterocycles. The summed E-state index contributed by atoms with van der Waals surface area (Å²) in [5.41, 5.74) is 0.383. The fourth-order valence-electron chi connectivity index (χ4n) is 2.73. The molecule has 0 aromatic heterocycles. The second-order valence-corrected chi connectivity index (χ2v) is 6.00. The molecule has 2 heteroatoms. The van der Waals surface area contributed by atoms with Crippen LogP contribution in [0.5, 0.6) is 0 Å². The summed E-state index contributed by atoms with van der Waals surface area (Å²) in [6.07, 6.45) is 5.68. The summed E-state index contributed by atoms with van der Waals surface area (Å²) >= 11 is 0. The highest BCUT2D eigenvalue weighted by Crippen LogP contribution is 2.42. The molecule has 0 amide bonds. The van der Waals surface area contributed by atoms with Crippen LogP contribution in [0.1, 0.15) is 59.8 Å². The van der Waals surface area contributed by atoms with Gasteiger partial charge in [0.2, 0.25) is 0 Å². The zero-order chi connectivity index (χ0) is 12.9. The van der Waals surface area contributed by atoms with Crippen molar-refractivity contribution in [3.05, 3.63) is 0 Å². The van der Waals surface area contributed by atoms with Gasteiger partial charge in [0.25, 0.3) is 0 Å². The molecule has 0 aromatic rings. The Labute approximate surface area is 106 Å². The average molecular weight is 237 g/mol. The van der Waals surface area contributed by atoms with Crippen LogP contribution in [0.4, 0.5) is 0 Å². The van der Waals surface area contributed by atoms with Crippen LogP contribution in [0, 0.1) is 28.6 Å². The Morgan fingerprint density at radius 3 is 2.53 bits per heavy atom. The minimum absolute atomic E-state index is 0.116. The zero-order valence-corrected chi connectivity index (χ0v) is 11.8. The molecule has 1 aliphatic rings. The summed E-state index contributed by atoms with van der Waals surface area (Å²) in [6.45, 7) is 9.88. The zero-order valence-electron chi connectivity index (χ0n) is 11.8. The first-order valence-corrected chi connectivity index (χ1v) is 7.06. The largest absolute Gasteiger partial charge is 0.377 e. The first kappa shape index (κ1) is 14.5. The molecule has 1 fully saturated rings. The maximum Gasteiger partial charge on any atom is 0.0736 e. The van der Waals surface area contributed by atoms with E-state index in [2.05, 4.69) is 33.8 Å². The predicted octanol–water partition coefficient (Wildman–Crippen LogP) is 4.16. The molecule has 0 N–H and O–H groups in total. The van der Waals surface area contributed by atoms with Gasteiger partial charge in [-0.2, -0.15) is 5.26 Å². The van der Waals surface area contributed by atoms with Gasteiger partial charge in [-0.25, -0.2) is 0 Å². The molecule has 1 saturated carbocycles. The van der Waals surface area contributed by atoms with Crippen LogP contribution in [0.15, 0.2) is 0 Å². The highest BCUT2D eigenvalue weighted by molar-refractivity contribution is 4.96. The van der Waals surface area contributed by atoms with E-state index in [9.17, 15) is 5.26 Å². The van der Waals surface area contributed by atoms with Crippen LogP contribution in [0.2, 0.25) is 0 Å². The van der Waals surface area contributed by atoms with Gasteiger partial charge >= 0.3 is 0 Å². The summed E-state index contributed by atoms with van der Waals surface area (Å²) in [5, 5.41) is 9.18. The van der Waals surface area contributed by atoms with Gasteiger partial charge in [-0.1, -0.05) is 34.1 Å². The van der Waals surface area contributed by atoms with E-state index in [0.29, 0.717) is 11.3 Å². The van der Waals surface area contributed by atoms with Crippen molar-refractivity contribution in [2.75, 3.05) is 6.61 Å². The number of rotatable bonds is 5. The Balaban J connectivity index is 2.62. The van der Waals surface area contributed by atoms with E-state index >= 15 is 0 Å². The lowest BCUT2D eigenvalue weighted by Gasteiger charge is -2.41. The molecular formula is C15H27NO. The second kappa shape index (κ2) is 6.40. The Bertz CT molecular complexity index is 267. The monoisotopic (exact) mass is 237 g/mol. The summed E-state index contributed by atoms with van der Waals surface area (Å²) in [6, 6.07) is 2.43. The van der Waals surface area contributed by atoms with Gasteiger partial charge in [-0.15, -0.1) is 0 Å². The predicted molar refractivity (Wildman–Crippen MR) is 70.5 cm³/mol. The van der Waals surface area contributed by atoms with Gasteiger partial charge in [-0.3, -0.25) is 0 Å². The van der Waals surface area contributed by atoms with Crippen molar-refractivity contribution in [3.63, 3.8) is 0 Å². The molecule has 3 atom stereocenters. The molecule has 3 unspecified atom stereocenters. The average Bonchev–Trinajstić information content (AvgIpc) is 2.35. The summed E-state index contributed by atoms with van der Waals surface area (Å²) in [4.78, 5) is 0.